The first-order valence-electron chi connectivity index (χ1n) is 3.90. The molecule has 0 spiro atoms. The maximum atomic E-state index is 8.45. The van der Waals surface area contributed by atoms with Gasteiger partial charge in [-0.3, -0.25) is 4.98 Å². The molecule has 0 aliphatic heterocycles. The third-order valence-electron chi connectivity index (χ3n) is 1.73. The van der Waals surface area contributed by atoms with E-state index in [4.69, 9.17) is 11.0 Å². The Morgan fingerprint density at radius 3 is 2.92 bits per heavy atom. The molecule has 0 amide bonds. The van der Waals surface area contributed by atoms with E-state index in [0.29, 0.717) is 6.42 Å². The lowest BCUT2D eigenvalue weighted by molar-refractivity contribution is 0.715. The number of nitrogens with two attached hydrogens (primary N) is 1. The van der Waals surface area contributed by atoms with Crippen molar-refractivity contribution in [2.75, 3.05) is 0 Å². The molecule has 68 valence electrons. The summed E-state index contributed by atoms with van der Waals surface area (Å²) in [7, 11) is 0. The molecule has 1 atom stereocenters. The first kappa shape index (κ1) is 10.2. The molecular formula is C9H10BrN3. The molecule has 0 radical (unpaired) electrons. The second kappa shape index (κ2) is 4.35. The van der Waals surface area contributed by atoms with Gasteiger partial charge >= 0.3 is 0 Å². The van der Waals surface area contributed by atoms with Gasteiger partial charge in [-0.25, -0.2) is 0 Å². The summed E-state index contributed by atoms with van der Waals surface area (Å²) in [4.78, 5) is 4.27. The minimum atomic E-state index is -0.281. The summed E-state index contributed by atoms with van der Waals surface area (Å²) in [5.74, 6) is 0. The average molecular weight is 240 g/mol. The number of halogens is 1. The van der Waals surface area contributed by atoms with Crippen LogP contribution in [0.15, 0.2) is 16.6 Å². The zero-order valence-corrected chi connectivity index (χ0v) is 8.87. The number of hydrogen-bond donors (Lipinski definition) is 1. The van der Waals surface area contributed by atoms with E-state index in [1.54, 1.807) is 0 Å². The first-order chi connectivity index (χ1) is 6.15. The van der Waals surface area contributed by atoms with Crippen molar-refractivity contribution < 1.29 is 0 Å². The van der Waals surface area contributed by atoms with Gasteiger partial charge in [0, 0.05) is 4.47 Å². The Bertz CT molecular complexity index is 343. The molecule has 0 fully saturated rings. The maximum Gasteiger partial charge on any atom is 0.0642 e. The fraction of sp³-hybridized carbons (Fsp3) is 0.333. The Hall–Kier alpha value is -0.920. The highest BCUT2D eigenvalue weighted by atomic mass is 79.9. The van der Waals surface area contributed by atoms with Gasteiger partial charge in [0.15, 0.2) is 0 Å². The predicted molar refractivity (Wildman–Crippen MR) is 53.8 cm³/mol. The summed E-state index contributed by atoms with van der Waals surface area (Å²) in [5, 5.41) is 8.45. The Morgan fingerprint density at radius 2 is 2.38 bits per heavy atom. The molecule has 0 saturated carbocycles. The largest absolute Gasteiger partial charge is 0.322 e. The molecular weight excluding hydrogens is 230 g/mol. The Kier molecular flexibility index (Phi) is 3.40. The molecule has 0 aliphatic rings. The molecule has 1 heterocycles. The van der Waals surface area contributed by atoms with Crippen LogP contribution in [0, 0.1) is 18.3 Å². The summed E-state index contributed by atoms with van der Waals surface area (Å²) in [6, 6.07) is 5.47. The van der Waals surface area contributed by atoms with E-state index in [1.165, 1.54) is 0 Å². The summed E-state index contributed by atoms with van der Waals surface area (Å²) < 4.78 is 0.959. The lowest BCUT2D eigenvalue weighted by Crippen LogP contribution is -2.11. The standard InChI is InChI=1S/C9H10BrN3/c1-6-7(10)2-3-9(13-6)8(12)4-5-11/h2-3,8H,4,12H2,1H3/t8-/m0/s1. The summed E-state index contributed by atoms with van der Waals surface area (Å²) in [6.07, 6.45) is 0.300. The molecule has 1 rings (SSSR count). The Balaban J connectivity index is 2.91. The topological polar surface area (TPSA) is 62.7 Å². The second-order valence-corrected chi connectivity index (χ2v) is 3.63. The van der Waals surface area contributed by atoms with E-state index in [-0.39, 0.29) is 6.04 Å². The second-order valence-electron chi connectivity index (χ2n) is 2.77. The van der Waals surface area contributed by atoms with Crippen LogP contribution in [0.25, 0.3) is 0 Å². The molecule has 0 bridgehead atoms. The van der Waals surface area contributed by atoms with E-state index in [0.717, 1.165) is 15.9 Å². The Morgan fingerprint density at radius 1 is 1.69 bits per heavy atom. The smallest absolute Gasteiger partial charge is 0.0642 e. The third kappa shape index (κ3) is 2.51. The Labute approximate surface area is 85.7 Å². The van der Waals surface area contributed by atoms with Gasteiger partial charge in [0.05, 0.1) is 29.9 Å². The molecule has 4 heteroatoms. The highest BCUT2D eigenvalue weighted by Crippen LogP contribution is 2.17. The molecule has 3 nitrogen and oxygen atoms in total. The number of hydrogen-bond acceptors (Lipinski definition) is 3. The van der Waals surface area contributed by atoms with Crippen molar-refractivity contribution >= 4 is 15.9 Å². The van der Waals surface area contributed by atoms with E-state index >= 15 is 0 Å². The van der Waals surface area contributed by atoms with Gasteiger partial charge in [0.1, 0.15) is 0 Å². The van der Waals surface area contributed by atoms with Gasteiger partial charge in [-0.1, -0.05) is 0 Å². The number of rotatable bonds is 2. The van der Waals surface area contributed by atoms with Crippen LogP contribution in [0.5, 0.6) is 0 Å². The van der Waals surface area contributed by atoms with Gasteiger partial charge in [0.2, 0.25) is 0 Å². The van der Waals surface area contributed by atoms with Gasteiger partial charge in [-0.15, -0.1) is 0 Å². The first-order valence-corrected chi connectivity index (χ1v) is 4.70. The van der Waals surface area contributed by atoms with Crippen LogP contribution < -0.4 is 5.73 Å². The van der Waals surface area contributed by atoms with Crippen LogP contribution in [-0.4, -0.2) is 4.98 Å². The maximum absolute atomic E-state index is 8.45. The fourth-order valence-corrected chi connectivity index (χ4v) is 1.19. The number of aromatic nitrogens is 1. The molecule has 0 aliphatic carbocycles. The van der Waals surface area contributed by atoms with Crippen LogP contribution in [0.3, 0.4) is 0 Å². The van der Waals surface area contributed by atoms with Gasteiger partial charge < -0.3 is 5.73 Å². The number of aryl methyl sites for hydroxylation is 1. The van der Waals surface area contributed by atoms with Crippen LogP contribution in [0.1, 0.15) is 23.9 Å². The lowest BCUT2D eigenvalue weighted by Gasteiger charge is -2.07. The van der Waals surface area contributed by atoms with Gasteiger partial charge in [0.25, 0.3) is 0 Å². The van der Waals surface area contributed by atoms with Crippen molar-refractivity contribution in [1.29, 1.82) is 5.26 Å². The number of nitrogens with zero attached hydrogens (tertiary/aromatic N) is 2. The van der Waals surface area contributed by atoms with Crippen LogP contribution in [-0.2, 0) is 0 Å². The molecule has 13 heavy (non-hydrogen) atoms. The molecule has 1 aromatic heterocycles. The molecule has 0 unspecified atom stereocenters. The van der Waals surface area contributed by atoms with Crippen molar-refractivity contribution in [2.45, 2.75) is 19.4 Å². The van der Waals surface area contributed by atoms with Crippen molar-refractivity contribution in [1.82, 2.24) is 4.98 Å². The molecule has 0 saturated heterocycles. The minimum Gasteiger partial charge on any atom is -0.322 e. The van der Waals surface area contributed by atoms with Gasteiger partial charge in [-0.05, 0) is 35.0 Å². The zero-order valence-electron chi connectivity index (χ0n) is 7.29. The summed E-state index contributed by atoms with van der Waals surface area (Å²) in [6.45, 7) is 1.90. The minimum absolute atomic E-state index is 0.281. The highest BCUT2D eigenvalue weighted by Gasteiger charge is 2.07. The summed E-state index contributed by atoms with van der Waals surface area (Å²) in [5.41, 5.74) is 7.38. The normalized spacial score (nSPS) is 12.2. The van der Waals surface area contributed by atoms with Crippen LogP contribution in [0.4, 0.5) is 0 Å². The van der Waals surface area contributed by atoms with Gasteiger partial charge in [-0.2, -0.15) is 5.26 Å². The molecule has 1 aromatic rings. The van der Waals surface area contributed by atoms with Crippen molar-refractivity contribution in [3.8, 4) is 6.07 Å². The molecule has 2 N–H and O–H groups in total. The lowest BCUT2D eigenvalue weighted by atomic mass is 10.1. The number of pyridine rings is 1. The predicted octanol–water partition coefficient (Wildman–Crippen LogP) is 2.07. The van der Waals surface area contributed by atoms with Crippen LogP contribution in [0.2, 0.25) is 0 Å². The number of nitriles is 1. The third-order valence-corrected chi connectivity index (χ3v) is 2.57. The summed E-state index contributed by atoms with van der Waals surface area (Å²) >= 11 is 3.35. The van der Waals surface area contributed by atoms with Crippen molar-refractivity contribution in [2.24, 2.45) is 5.73 Å². The van der Waals surface area contributed by atoms with Crippen molar-refractivity contribution in [3.63, 3.8) is 0 Å². The quantitative estimate of drug-likeness (QED) is 0.860. The average Bonchev–Trinajstić information content (AvgIpc) is 2.10. The SMILES string of the molecule is Cc1nc([C@@H](N)CC#N)ccc1Br. The van der Waals surface area contributed by atoms with Crippen molar-refractivity contribution in [3.05, 3.63) is 28.0 Å². The molecule has 0 aromatic carbocycles. The van der Waals surface area contributed by atoms with E-state index in [2.05, 4.69) is 20.9 Å². The zero-order chi connectivity index (χ0) is 9.84. The monoisotopic (exact) mass is 239 g/mol. The van der Waals surface area contributed by atoms with E-state index in [9.17, 15) is 0 Å². The van der Waals surface area contributed by atoms with E-state index < -0.39 is 0 Å². The highest BCUT2D eigenvalue weighted by molar-refractivity contribution is 9.10. The van der Waals surface area contributed by atoms with Crippen LogP contribution >= 0.6 is 15.9 Å². The van der Waals surface area contributed by atoms with E-state index in [1.807, 2.05) is 25.1 Å². The fourth-order valence-electron chi connectivity index (χ4n) is 0.973.